The summed E-state index contributed by atoms with van der Waals surface area (Å²) in [5, 5.41) is 27.4. The fourth-order valence-electron chi connectivity index (χ4n) is 3.23. The molecule has 1 aliphatic rings. The van der Waals surface area contributed by atoms with Crippen LogP contribution in [0.5, 0.6) is 0 Å². The number of benzene rings is 2. The van der Waals surface area contributed by atoms with Crippen LogP contribution in [0.3, 0.4) is 0 Å². The van der Waals surface area contributed by atoms with Gasteiger partial charge in [-0.2, -0.15) is 0 Å². The van der Waals surface area contributed by atoms with Crippen LogP contribution in [-0.2, 0) is 14.4 Å². The third-order valence-corrected chi connectivity index (χ3v) is 5.44. The number of nitrogens with zero attached hydrogens (tertiary/aromatic N) is 3. The SMILES string of the molecule is CC(=O)O.Cc1ccc(C2/C(=C(/O)c3ccccc3)C(=O)C(=O)N2c2nnc(C)s2)cc1. The number of carbonyl (C=O) groups excluding carboxylic acids is 2. The molecule has 0 saturated carbocycles. The fraction of sp³-hybridized carbons (Fsp3) is 0.174. The van der Waals surface area contributed by atoms with Gasteiger partial charge >= 0.3 is 5.91 Å². The lowest BCUT2D eigenvalue weighted by Gasteiger charge is -2.22. The number of carboxylic acid groups (broad SMARTS) is 1. The summed E-state index contributed by atoms with van der Waals surface area (Å²) >= 11 is 1.23. The average molecular weight is 452 g/mol. The summed E-state index contributed by atoms with van der Waals surface area (Å²) in [5.41, 5.74) is 2.30. The molecular formula is C23H21N3O5S. The van der Waals surface area contributed by atoms with Gasteiger partial charge in [-0.05, 0) is 19.4 Å². The zero-order valence-corrected chi connectivity index (χ0v) is 18.5. The third kappa shape index (κ3) is 4.73. The first-order chi connectivity index (χ1) is 15.2. The number of aromatic nitrogens is 2. The highest BCUT2D eigenvalue weighted by Crippen LogP contribution is 2.42. The van der Waals surface area contributed by atoms with Gasteiger partial charge in [0.2, 0.25) is 5.13 Å². The average Bonchev–Trinajstić information content (AvgIpc) is 3.29. The van der Waals surface area contributed by atoms with Crippen molar-refractivity contribution in [3.63, 3.8) is 0 Å². The normalized spacial score (nSPS) is 17.1. The molecule has 8 nitrogen and oxygen atoms in total. The summed E-state index contributed by atoms with van der Waals surface area (Å²) in [4.78, 5) is 36.1. The van der Waals surface area contributed by atoms with Gasteiger partial charge in [-0.15, -0.1) is 10.2 Å². The molecule has 0 aliphatic carbocycles. The summed E-state index contributed by atoms with van der Waals surface area (Å²) in [6.45, 7) is 4.82. The predicted octanol–water partition coefficient (Wildman–Crippen LogP) is 3.87. The number of carboxylic acids is 1. The molecule has 32 heavy (non-hydrogen) atoms. The van der Waals surface area contributed by atoms with Crippen molar-refractivity contribution in [1.29, 1.82) is 0 Å². The van der Waals surface area contributed by atoms with E-state index in [0.29, 0.717) is 15.7 Å². The molecule has 1 fully saturated rings. The number of aryl methyl sites for hydroxylation is 2. The lowest BCUT2D eigenvalue weighted by Crippen LogP contribution is -2.29. The molecule has 1 atom stereocenters. The Morgan fingerprint density at radius 3 is 2.09 bits per heavy atom. The van der Waals surface area contributed by atoms with Crippen LogP contribution in [0, 0.1) is 13.8 Å². The van der Waals surface area contributed by atoms with E-state index in [0.717, 1.165) is 18.1 Å². The number of hydrogen-bond donors (Lipinski definition) is 2. The summed E-state index contributed by atoms with van der Waals surface area (Å²) in [6.07, 6.45) is 0. The maximum absolute atomic E-state index is 12.9. The maximum Gasteiger partial charge on any atom is 0.301 e. The Kier molecular flexibility index (Phi) is 6.79. The Bertz CT molecular complexity index is 1180. The van der Waals surface area contributed by atoms with Crippen molar-refractivity contribution < 1.29 is 24.6 Å². The molecule has 1 saturated heterocycles. The lowest BCUT2D eigenvalue weighted by atomic mass is 9.95. The zero-order chi connectivity index (χ0) is 23.4. The first-order valence-corrected chi connectivity index (χ1v) is 10.4. The van der Waals surface area contributed by atoms with E-state index >= 15 is 0 Å². The Balaban J connectivity index is 0.000000668. The van der Waals surface area contributed by atoms with Crippen molar-refractivity contribution in [3.05, 3.63) is 81.9 Å². The summed E-state index contributed by atoms with van der Waals surface area (Å²) < 4.78 is 0. The first kappa shape index (κ1) is 22.8. The van der Waals surface area contributed by atoms with Gasteiger partial charge in [0, 0.05) is 12.5 Å². The third-order valence-electron chi connectivity index (χ3n) is 4.61. The highest BCUT2D eigenvalue weighted by atomic mass is 32.1. The van der Waals surface area contributed by atoms with E-state index in [9.17, 15) is 14.7 Å². The van der Waals surface area contributed by atoms with Gasteiger partial charge < -0.3 is 10.2 Å². The standard InChI is InChI=1S/C21H17N3O3S.C2H4O2/c1-12-8-10-14(11-9-12)17-16(18(25)15-6-4-3-5-7-15)19(26)20(27)24(17)21-23-22-13(2)28-21;1-2(3)4/h3-11,17,25H,1-2H3;1H3,(H,3,4)/b18-16-;. The maximum atomic E-state index is 12.9. The Hall–Kier alpha value is -3.85. The minimum Gasteiger partial charge on any atom is -0.507 e. The van der Waals surface area contributed by atoms with Crippen LogP contribution < -0.4 is 4.90 Å². The van der Waals surface area contributed by atoms with E-state index in [4.69, 9.17) is 9.90 Å². The second-order valence-electron chi connectivity index (χ2n) is 7.07. The van der Waals surface area contributed by atoms with Crippen LogP contribution in [0.15, 0.2) is 60.2 Å². The number of anilines is 1. The second kappa shape index (κ2) is 9.52. The Morgan fingerprint density at radius 1 is 0.969 bits per heavy atom. The summed E-state index contributed by atoms with van der Waals surface area (Å²) in [6, 6.07) is 15.5. The number of ketones is 1. The van der Waals surface area contributed by atoms with Crippen LogP contribution in [0.25, 0.3) is 5.76 Å². The predicted molar refractivity (Wildman–Crippen MR) is 120 cm³/mol. The van der Waals surface area contributed by atoms with Crippen molar-refractivity contribution in [2.45, 2.75) is 26.8 Å². The molecule has 1 amide bonds. The lowest BCUT2D eigenvalue weighted by molar-refractivity contribution is -0.134. The quantitative estimate of drug-likeness (QED) is 0.352. The van der Waals surface area contributed by atoms with Crippen LogP contribution in [0.2, 0.25) is 0 Å². The molecule has 1 aliphatic heterocycles. The molecule has 0 bridgehead atoms. The molecule has 0 spiro atoms. The molecule has 2 N–H and O–H groups in total. The minimum absolute atomic E-state index is 0.0490. The van der Waals surface area contributed by atoms with Gasteiger partial charge in [0.1, 0.15) is 10.8 Å². The summed E-state index contributed by atoms with van der Waals surface area (Å²) in [5.74, 6) is -2.49. The van der Waals surface area contributed by atoms with Crippen LogP contribution >= 0.6 is 11.3 Å². The number of aliphatic hydroxyl groups excluding tert-OH is 1. The van der Waals surface area contributed by atoms with E-state index in [-0.39, 0.29) is 11.3 Å². The van der Waals surface area contributed by atoms with Gasteiger partial charge in [-0.1, -0.05) is 71.5 Å². The van der Waals surface area contributed by atoms with Crippen molar-refractivity contribution in [2.24, 2.45) is 0 Å². The zero-order valence-electron chi connectivity index (χ0n) is 17.6. The number of Topliss-reactive ketones (excluding diaryl/α,β-unsaturated/α-hetero) is 1. The highest BCUT2D eigenvalue weighted by molar-refractivity contribution is 7.15. The van der Waals surface area contributed by atoms with Gasteiger partial charge in [0.05, 0.1) is 11.6 Å². The van der Waals surface area contributed by atoms with E-state index in [2.05, 4.69) is 10.2 Å². The number of carbonyl (C=O) groups is 3. The second-order valence-corrected chi connectivity index (χ2v) is 8.23. The summed E-state index contributed by atoms with van der Waals surface area (Å²) in [7, 11) is 0. The molecule has 9 heteroatoms. The van der Waals surface area contributed by atoms with E-state index in [1.165, 1.54) is 16.2 Å². The molecule has 164 valence electrons. The van der Waals surface area contributed by atoms with Crippen molar-refractivity contribution in [2.75, 3.05) is 4.90 Å². The molecule has 2 heterocycles. The van der Waals surface area contributed by atoms with Crippen molar-refractivity contribution in [3.8, 4) is 0 Å². The van der Waals surface area contributed by atoms with Gasteiger partial charge in [0.15, 0.2) is 0 Å². The van der Waals surface area contributed by atoms with Gasteiger partial charge in [-0.25, -0.2) is 0 Å². The molecule has 1 aromatic heterocycles. The number of aliphatic carboxylic acids is 1. The monoisotopic (exact) mass is 451 g/mol. The topological polar surface area (TPSA) is 121 Å². The first-order valence-electron chi connectivity index (χ1n) is 9.63. The van der Waals surface area contributed by atoms with Crippen LogP contribution in [0.1, 0.15) is 34.7 Å². The van der Waals surface area contributed by atoms with Crippen LogP contribution in [0.4, 0.5) is 5.13 Å². The molecule has 2 aromatic carbocycles. The number of amides is 1. The largest absolute Gasteiger partial charge is 0.507 e. The smallest absolute Gasteiger partial charge is 0.301 e. The van der Waals surface area contributed by atoms with E-state index in [1.54, 1.807) is 31.2 Å². The molecule has 3 aromatic rings. The molecular weight excluding hydrogens is 430 g/mol. The molecule has 4 rings (SSSR count). The number of hydrogen-bond acceptors (Lipinski definition) is 7. The fourth-order valence-corrected chi connectivity index (χ4v) is 3.94. The molecule has 1 unspecified atom stereocenters. The molecule has 0 radical (unpaired) electrons. The minimum atomic E-state index is -0.833. The number of aliphatic hydroxyl groups is 1. The number of rotatable bonds is 3. The van der Waals surface area contributed by atoms with Crippen LogP contribution in [-0.4, -0.2) is 38.1 Å². The highest BCUT2D eigenvalue weighted by Gasteiger charge is 2.48. The van der Waals surface area contributed by atoms with E-state index in [1.807, 2.05) is 37.3 Å². The van der Waals surface area contributed by atoms with Gasteiger partial charge in [-0.3, -0.25) is 19.3 Å². The van der Waals surface area contributed by atoms with E-state index < -0.39 is 23.7 Å². The Morgan fingerprint density at radius 2 is 1.56 bits per heavy atom. The van der Waals surface area contributed by atoms with Crippen molar-refractivity contribution in [1.82, 2.24) is 10.2 Å². The van der Waals surface area contributed by atoms with Crippen molar-refractivity contribution >= 4 is 39.9 Å². The van der Waals surface area contributed by atoms with Gasteiger partial charge in [0.25, 0.3) is 11.8 Å². The Labute approximate surface area is 188 Å².